The second kappa shape index (κ2) is 9.20. The van der Waals surface area contributed by atoms with Gasteiger partial charge in [-0.25, -0.2) is 4.79 Å². The van der Waals surface area contributed by atoms with Gasteiger partial charge in [0.1, 0.15) is 5.60 Å². The quantitative estimate of drug-likeness (QED) is 0.627. The Morgan fingerprint density at radius 1 is 1.17 bits per heavy atom. The Bertz CT molecular complexity index is 385. The highest BCUT2D eigenvalue weighted by Gasteiger charge is 2.41. The van der Waals surface area contributed by atoms with E-state index in [0.29, 0.717) is 0 Å². The average Bonchev–Trinajstić information content (AvgIpc) is 2.37. The second-order valence-electron chi connectivity index (χ2n) is 8.99. The summed E-state index contributed by atoms with van der Waals surface area (Å²) in [6.45, 7) is 18.3. The van der Waals surface area contributed by atoms with Crippen LogP contribution in [0.15, 0.2) is 0 Å². The third-order valence-corrected chi connectivity index (χ3v) is 8.96. The highest BCUT2D eigenvalue weighted by molar-refractivity contribution is 6.74. The van der Waals surface area contributed by atoms with Gasteiger partial charge in [-0.1, -0.05) is 40.5 Å². The number of nitrogens with one attached hydrogen (secondary N) is 1. The third kappa shape index (κ3) is 8.49. The number of amides is 1. The summed E-state index contributed by atoms with van der Waals surface area (Å²) in [5, 5.41) is 12.8. The molecule has 0 aromatic rings. The van der Waals surface area contributed by atoms with Crippen LogP contribution in [-0.2, 0) is 9.16 Å². The molecule has 0 spiro atoms. The smallest absolute Gasteiger partial charge is 0.407 e. The summed E-state index contributed by atoms with van der Waals surface area (Å²) in [5.74, 6) is 0. The monoisotopic (exact) mass is 361 g/mol. The number of ether oxygens (including phenoxy) is 1. The van der Waals surface area contributed by atoms with Gasteiger partial charge in [0.2, 0.25) is 0 Å². The summed E-state index contributed by atoms with van der Waals surface area (Å²) in [7, 11) is -2.04. The zero-order valence-electron chi connectivity index (χ0n) is 17.2. The standard InChI is InChI=1S/C18H39NO4Si/c1-10-11-12-14(19-16(21)22-17(2,3)4)15(13-20)23-24(8,9)18(5,6)7/h14-15,20H,10-13H2,1-9H3,(H,19,21)/t14-,15+/m0/s1. The minimum absolute atomic E-state index is 0.0433. The molecule has 2 atom stereocenters. The average molecular weight is 362 g/mol. The zero-order valence-corrected chi connectivity index (χ0v) is 18.2. The molecule has 0 heterocycles. The van der Waals surface area contributed by atoms with E-state index in [1.807, 2.05) is 20.8 Å². The van der Waals surface area contributed by atoms with Crippen LogP contribution >= 0.6 is 0 Å². The predicted molar refractivity (Wildman–Crippen MR) is 102 cm³/mol. The number of aliphatic hydroxyl groups excluding tert-OH is 1. The van der Waals surface area contributed by atoms with Crippen molar-refractivity contribution in [2.45, 2.75) is 104 Å². The van der Waals surface area contributed by atoms with Crippen LogP contribution in [-0.4, -0.2) is 43.9 Å². The van der Waals surface area contributed by atoms with E-state index in [2.05, 4.69) is 46.1 Å². The van der Waals surface area contributed by atoms with E-state index in [4.69, 9.17) is 9.16 Å². The van der Waals surface area contributed by atoms with Crippen molar-refractivity contribution in [3.8, 4) is 0 Å². The van der Waals surface area contributed by atoms with E-state index >= 15 is 0 Å². The molecule has 0 saturated carbocycles. The Morgan fingerprint density at radius 3 is 2.08 bits per heavy atom. The Balaban J connectivity index is 5.13. The molecule has 0 bridgehead atoms. The van der Waals surface area contributed by atoms with Crippen molar-refractivity contribution in [2.75, 3.05) is 6.61 Å². The molecule has 1 amide bonds. The Labute approximate surface area is 149 Å². The molecule has 0 fully saturated rings. The number of aliphatic hydroxyl groups is 1. The maximum absolute atomic E-state index is 12.2. The van der Waals surface area contributed by atoms with Gasteiger partial charge in [0.05, 0.1) is 18.8 Å². The summed E-state index contributed by atoms with van der Waals surface area (Å²) in [6, 6.07) is -0.251. The van der Waals surface area contributed by atoms with E-state index in [9.17, 15) is 9.90 Å². The molecule has 144 valence electrons. The minimum atomic E-state index is -2.04. The summed E-state index contributed by atoms with van der Waals surface area (Å²) in [4.78, 5) is 12.2. The van der Waals surface area contributed by atoms with Crippen LogP contribution in [0.3, 0.4) is 0 Å². The summed E-state index contributed by atoms with van der Waals surface area (Å²) < 4.78 is 11.7. The third-order valence-electron chi connectivity index (χ3n) is 4.45. The van der Waals surface area contributed by atoms with Gasteiger partial charge in [0, 0.05) is 0 Å². The molecule has 24 heavy (non-hydrogen) atoms. The molecule has 0 aromatic carbocycles. The van der Waals surface area contributed by atoms with Crippen LogP contribution in [0.25, 0.3) is 0 Å². The second-order valence-corrected chi connectivity index (χ2v) is 13.8. The molecule has 2 N–H and O–H groups in total. The summed E-state index contributed by atoms with van der Waals surface area (Å²) >= 11 is 0. The van der Waals surface area contributed by atoms with Gasteiger partial charge in [0.15, 0.2) is 8.32 Å². The minimum Gasteiger partial charge on any atom is -0.444 e. The number of alkyl carbamates (subject to hydrolysis) is 1. The first kappa shape index (κ1) is 23.4. The lowest BCUT2D eigenvalue weighted by molar-refractivity contribution is 0.0335. The SMILES string of the molecule is CCCC[C@H](NC(=O)OC(C)(C)C)[C@@H](CO)O[Si](C)(C)C(C)(C)C. The zero-order chi connectivity index (χ0) is 19.2. The highest BCUT2D eigenvalue weighted by Crippen LogP contribution is 2.37. The van der Waals surface area contributed by atoms with Gasteiger partial charge in [-0.15, -0.1) is 0 Å². The van der Waals surface area contributed by atoms with Gasteiger partial charge in [-0.2, -0.15) is 0 Å². The highest BCUT2D eigenvalue weighted by atomic mass is 28.4. The van der Waals surface area contributed by atoms with Crippen LogP contribution in [0.2, 0.25) is 18.1 Å². The fourth-order valence-corrected chi connectivity index (χ4v) is 3.39. The fourth-order valence-electron chi connectivity index (χ4n) is 2.04. The van der Waals surface area contributed by atoms with E-state index in [-0.39, 0.29) is 17.7 Å². The van der Waals surface area contributed by atoms with Gasteiger partial charge >= 0.3 is 6.09 Å². The number of carbonyl (C=O) groups is 1. The van der Waals surface area contributed by atoms with E-state index in [1.165, 1.54) is 0 Å². The molecule has 0 saturated heterocycles. The van der Waals surface area contributed by atoms with Crippen molar-refractivity contribution in [3.63, 3.8) is 0 Å². The lowest BCUT2D eigenvalue weighted by Gasteiger charge is -2.41. The van der Waals surface area contributed by atoms with Gasteiger partial charge in [-0.3, -0.25) is 0 Å². The van der Waals surface area contributed by atoms with Crippen LogP contribution < -0.4 is 5.32 Å². The van der Waals surface area contributed by atoms with Crippen molar-refractivity contribution < 1.29 is 19.1 Å². The Morgan fingerprint density at radius 2 is 1.71 bits per heavy atom. The Hall–Kier alpha value is -0.593. The summed E-state index contributed by atoms with van der Waals surface area (Å²) in [5.41, 5.74) is -0.547. The number of carbonyl (C=O) groups excluding carboxylic acids is 1. The number of hydrogen-bond donors (Lipinski definition) is 2. The van der Waals surface area contributed by atoms with Crippen LogP contribution in [0, 0.1) is 0 Å². The molecule has 0 unspecified atom stereocenters. The van der Waals surface area contributed by atoms with Crippen molar-refractivity contribution in [1.82, 2.24) is 5.32 Å². The van der Waals surface area contributed by atoms with Gasteiger partial charge in [-0.05, 0) is 45.3 Å². The molecule has 5 nitrogen and oxygen atoms in total. The molecular formula is C18H39NO4Si. The molecule has 0 rings (SSSR count). The molecular weight excluding hydrogens is 322 g/mol. The molecule has 0 aromatic heterocycles. The first-order valence-electron chi connectivity index (χ1n) is 9.01. The normalized spacial score (nSPS) is 15.8. The van der Waals surface area contributed by atoms with Gasteiger partial charge < -0.3 is 19.6 Å². The van der Waals surface area contributed by atoms with Crippen molar-refractivity contribution >= 4 is 14.4 Å². The summed E-state index contributed by atoms with van der Waals surface area (Å²) in [6.07, 6.45) is 1.86. The van der Waals surface area contributed by atoms with Crippen molar-refractivity contribution in [3.05, 3.63) is 0 Å². The molecule has 0 radical (unpaired) electrons. The maximum Gasteiger partial charge on any atom is 0.407 e. The topological polar surface area (TPSA) is 67.8 Å². The van der Waals surface area contributed by atoms with E-state index in [0.717, 1.165) is 19.3 Å². The van der Waals surface area contributed by atoms with Crippen LogP contribution in [0.1, 0.15) is 67.7 Å². The lowest BCUT2D eigenvalue weighted by Crippen LogP contribution is -2.53. The number of hydrogen-bond acceptors (Lipinski definition) is 4. The van der Waals surface area contributed by atoms with Gasteiger partial charge in [0.25, 0.3) is 0 Å². The lowest BCUT2D eigenvalue weighted by atomic mass is 10.1. The van der Waals surface area contributed by atoms with Crippen molar-refractivity contribution in [2.24, 2.45) is 0 Å². The van der Waals surface area contributed by atoms with Crippen molar-refractivity contribution in [1.29, 1.82) is 0 Å². The van der Waals surface area contributed by atoms with Crippen LogP contribution in [0.5, 0.6) is 0 Å². The first-order chi connectivity index (χ1) is 10.7. The molecule has 0 aliphatic carbocycles. The number of rotatable bonds is 8. The molecule has 6 heteroatoms. The maximum atomic E-state index is 12.2. The van der Waals surface area contributed by atoms with E-state index in [1.54, 1.807) is 0 Å². The largest absolute Gasteiger partial charge is 0.444 e. The van der Waals surface area contributed by atoms with E-state index < -0.39 is 26.1 Å². The Kier molecular flexibility index (Phi) is 8.97. The first-order valence-corrected chi connectivity index (χ1v) is 11.9. The fraction of sp³-hybridized carbons (Fsp3) is 0.944. The van der Waals surface area contributed by atoms with Crippen LogP contribution in [0.4, 0.5) is 4.79 Å². The predicted octanol–water partition coefficient (Wildman–Crippen LogP) is 4.45. The molecule has 0 aliphatic rings. The molecule has 0 aliphatic heterocycles. The number of unbranched alkanes of at least 4 members (excludes halogenated alkanes) is 1.